The molecule has 4 nitrogen and oxygen atoms in total. The van der Waals surface area contributed by atoms with Crippen LogP contribution in [-0.2, 0) is 6.42 Å². The van der Waals surface area contributed by atoms with E-state index in [2.05, 4.69) is 26.5 Å². The van der Waals surface area contributed by atoms with Crippen LogP contribution in [0.15, 0.2) is 19.0 Å². The predicted molar refractivity (Wildman–Crippen MR) is 50.6 cm³/mol. The van der Waals surface area contributed by atoms with Crippen molar-refractivity contribution in [1.29, 1.82) is 0 Å². The van der Waals surface area contributed by atoms with E-state index in [1.165, 1.54) is 0 Å². The lowest BCUT2D eigenvalue weighted by atomic mass is 10.4. The Kier molecular flexibility index (Phi) is 1.98. The van der Waals surface area contributed by atoms with Crippen molar-refractivity contribution in [3.63, 3.8) is 0 Å². The Morgan fingerprint density at radius 1 is 1.54 bits per heavy atom. The van der Waals surface area contributed by atoms with Gasteiger partial charge in [-0.15, -0.1) is 6.58 Å². The summed E-state index contributed by atoms with van der Waals surface area (Å²) in [4.78, 5) is 15.1. The van der Waals surface area contributed by atoms with Crippen LogP contribution in [0.4, 0.5) is 0 Å². The number of nitrogens with zero attached hydrogens (tertiary/aromatic N) is 3. The van der Waals surface area contributed by atoms with E-state index in [9.17, 15) is 0 Å². The van der Waals surface area contributed by atoms with Crippen LogP contribution in [0, 0.1) is 0 Å². The van der Waals surface area contributed by atoms with Crippen LogP contribution in [0.1, 0.15) is 5.82 Å². The molecule has 0 radical (unpaired) electrons. The fourth-order valence-corrected chi connectivity index (χ4v) is 1.30. The minimum atomic E-state index is 0.402. The summed E-state index contributed by atoms with van der Waals surface area (Å²) < 4.78 is 0. The SMILES string of the molecule is C=CCc1nc(Cl)c2[nH]cnc2n1. The molecule has 0 aromatic carbocycles. The average molecular weight is 195 g/mol. The molecule has 2 aromatic rings. The molecule has 0 aliphatic heterocycles. The maximum Gasteiger partial charge on any atom is 0.182 e. The van der Waals surface area contributed by atoms with Gasteiger partial charge in [0.05, 0.1) is 6.33 Å². The first kappa shape index (κ1) is 8.19. The second kappa shape index (κ2) is 3.14. The number of aromatic nitrogens is 4. The zero-order chi connectivity index (χ0) is 9.26. The Balaban J connectivity index is 2.62. The second-order valence-corrected chi connectivity index (χ2v) is 2.88. The lowest BCUT2D eigenvalue weighted by Crippen LogP contribution is -1.94. The number of H-pyrrole nitrogens is 1. The summed E-state index contributed by atoms with van der Waals surface area (Å²) in [5.41, 5.74) is 1.27. The molecule has 0 unspecified atom stereocenters. The highest BCUT2D eigenvalue weighted by Gasteiger charge is 2.06. The summed E-state index contributed by atoms with van der Waals surface area (Å²) in [5.74, 6) is 0.639. The second-order valence-electron chi connectivity index (χ2n) is 2.52. The van der Waals surface area contributed by atoms with Crippen molar-refractivity contribution in [2.45, 2.75) is 6.42 Å². The lowest BCUT2D eigenvalue weighted by Gasteiger charge is -1.96. The standard InChI is InChI=1S/C8H7ClN4/c1-2-3-5-12-7(9)6-8(13-5)11-4-10-6/h2,4H,1,3H2,(H,10,11,12,13). The molecule has 0 bridgehead atoms. The molecule has 0 amide bonds. The van der Waals surface area contributed by atoms with Crippen LogP contribution in [0.25, 0.3) is 11.2 Å². The van der Waals surface area contributed by atoms with Crippen molar-refractivity contribution in [3.05, 3.63) is 30.0 Å². The van der Waals surface area contributed by atoms with Crippen molar-refractivity contribution in [2.24, 2.45) is 0 Å². The highest BCUT2D eigenvalue weighted by Crippen LogP contribution is 2.16. The highest BCUT2D eigenvalue weighted by atomic mass is 35.5. The first-order valence-corrected chi connectivity index (χ1v) is 4.15. The number of nitrogens with one attached hydrogen (secondary N) is 1. The monoisotopic (exact) mass is 194 g/mol. The smallest absolute Gasteiger partial charge is 0.182 e. The van der Waals surface area contributed by atoms with Gasteiger partial charge in [0.2, 0.25) is 0 Å². The van der Waals surface area contributed by atoms with Crippen LogP contribution >= 0.6 is 11.6 Å². The molecule has 66 valence electrons. The van der Waals surface area contributed by atoms with Crippen molar-refractivity contribution in [3.8, 4) is 0 Å². The maximum atomic E-state index is 5.88. The number of hydrogen-bond acceptors (Lipinski definition) is 3. The van der Waals surface area contributed by atoms with Gasteiger partial charge < -0.3 is 4.98 Å². The molecule has 0 atom stereocenters. The van der Waals surface area contributed by atoms with Gasteiger partial charge in [-0.3, -0.25) is 0 Å². The molecule has 0 aliphatic carbocycles. The molecular formula is C8H7ClN4. The molecule has 0 spiro atoms. The molecule has 2 heterocycles. The molecule has 0 saturated heterocycles. The quantitative estimate of drug-likeness (QED) is 0.585. The zero-order valence-electron chi connectivity index (χ0n) is 6.79. The molecule has 0 saturated carbocycles. The number of allylic oxidation sites excluding steroid dienone is 1. The third-order valence-electron chi connectivity index (χ3n) is 1.61. The summed E-state index contributed by atoms with van der Waals surface area (Å²) in [6.07, 6.45) is 3.87. The predicted octanol–water partition coefficient (Wildman–Crippen LogP) is 1.73. The molecule has 5 heteroatoms. The van der Waals surface area contributed by atoms with Gasteiger partial charge >= 0.3 is 0 Å². The van der Waals surface area contributed by atoms with Gasteiger partial charge in [0.15, 0.2) is 10.8 Å². The Morgan fingerprint density at radius 3 is 3.15 bits per heavy atom. The van der Waals surface area contributed by atoms with Gasteiger partial charge in [-0.1, -0.05) is 17.7 Å². The van der Waals surface area contributed by atoms with Crippen molar-refractivity contribution in [1.82, 2.24) is 19.9 Å². The van der Waals surface area contributed by atoms with E-state index in [-0.39, 0.29) is 0 Å². The van der Waals surface area contributed by atoms with Gasteiger partial charge in [0.25, 0.3) is 0 Å². The minimum Gasteiger partial charge on any atom is -0.341 e. The number of fused-ring (bicyclic) bond motifs is 1. The number of imidazole rings is 1. The third-order valence-corrected chi connectivity index (χ3v) is 1.89. The maximum absolute atomic E-state index is 5.88. The summed E-state index contributed by atoms with van der Waals surface area (Å²) >= 11 is 5.88. The van der Waals surface area contributed by atoms with E-state index < -0.39 is 0 Å². The first-order chi connectivity index (χ1) is 6.31. The summed E-state index contributed by atoms with van der Waals surface area (Å²) in [6, 6.07) is 0. The zero-order valence-corrected chi connectivity index (χ0v) is 7.54. The van der Waals surface area contributed by atoms with Crippen LogP contribution in [0.3, 0.4) is 0 Å². The van der Waals surface area contributed by atoms with E-state index in [1.807, 2.05) is 0 Å². The third kappa shape index (κ3) is 1.40. The Hall–Kier alpha value is -1.42. The first-order valence-electron chi connectivity index (χ1n) is 3.77. The van der Waals surface area contributed by atoms with Crippen molar-refractivity contribution >= 4 is 22.8 Å². The van der Waals surface area contributed by atoms with Crippen LogP contribution < -0.4 is 0 Å². The Labute approximate surface area is 79.7 Å². The minimum absolute atomic E-state index is 0.402. The topological polar surface area (TPSA) is 54.5 Å². The summed E-state index contributed by atoms with van der Waals surface area (Å²) in [7, 11) is 0. The Bertz CT molecular complexity index is 448. The lowest BCUT2D eigenvalue weighted by molar-refractivity contribution is 1.01. The van der Waals surface area contributed by atoms with E-state index >= 15 is 0 Å². The molecule has 2 rings (SSSR count). The largest absolute Gasteiger partial charge is 0.341 e. The molecule has 0 fully saturated rings. The van der Waals surface area contributed by atoms with Gasteiger partial charge in [0, 0.05) is 6.42 Å². The van der Waals surface area contributed by atoms with Gasteiger partial charge in [-0.2, -0.15) is 0 Å². The number of halogens is 1. The number of rotatable bonds is 2. The van der Waals surface area contributed by atoms with Crippen LogP contribution in [0.5, 0.6) is 0 Å². The van der Waals surface area contributed by atoms with E-state index in [0.29, 0.717) is 28.6 Å². The average Bonchev–Trinajstić information content (AvgIpc) is 2.53. The molecule has 2 aromatic heterocycles. The Morgan fingerprint density at radius 2 is 2.38 bits per heavy atom. The summed E-state index contributed by atoms with van der Waals surface area (Å²) in [5, 5.41) is 0.402. The fraction of sp³-hybridized carbons (Fsp3) is 0.125. The van der Waals surface area contributed by atoms with Gasteiger partial charge in [-0.05, 0) is 0 Å². The van der Waals surface area contributed by atoms with Crippen molar-refractivity contribution in [2.75, 3.05) is 0 Å². The molecule has 13 heavy (non-hydrogen) atoms. The van der Waals surface area contributed by atoms with Crippen LogP contribution in [-0.4, -0.2) is 19.9 Å². The molecule has 0 aliphatic rings. The molecular weight excluding hydrogens is 188 g/mol. The number of hydrogen-bond donors (Lipinski definition) is 1. The highest BCUT2D eigenvalue weighted by molar-refractivity contribution is 6.33. The van der Waals surface area contributed by atoms with E-state index in [0.717, 1.165) is 0 Å². The van der Waals surface area contributed by atoms with Crippen LogP contribution in [0.2, 0.25) is 5.15 Å². The van der Waals surface area contributed by atoms with E-state index in [1.54, 1.807) is 12.4 Å². The normalized spacial score (nSPS) is 10.5. The van der Waals surface area contributed by atoms with Crippen molar-refractivity contribution < 1.29 is 0 Å². The van der Waals surface area contributed by atoms with E-state index in [4.69, 9.17) is 11.6 Å². The summed E-state index contributed by atoms with van der Waals surface area (Å²) in [6.45, 7) is 3.60. The fourth-order valence-electron chi connectivity index (χ4n) is 1.06. The molecule has 1 N–H and O–H groups in total. The number of aromatic amines is 1. The van der Waals surface area contributed by atoms with Gasteiger partial charge in [-0.25, -0.2) is 15.0 Å². The van der Waals surface area contributed by atoms with Gasteiger partial charge in [0.1, 0.15) is 11.3 Å².